The Balaban J connectivity index is 2.06. The first-order valence-corrected chi connectivity index (χ1v) is 7.07. The van der Waals surface area contributed by atoms with Gasteiger partial charge in [-0.3, -0.25) is 0 Å². The monoisotopic (exact) mass is 263 g/mol. The van der Waals surface area contributed by atoms with Crippen LogP contribution in [0.1, 0.15) is 38.2 Å². The van der Waals surface area contributed by atoms with Crippen molar-refractivity contribution in [3.05, 3.63) is 23.9 Å². The molecule has 1 heterocycles. The van der Waals surface area contributed by atoms with Gasteiger partial charge < -0.3 is 16.2 Å². The number of ether oxygens (including phenoxy) is 1. The predicted molar refractivity (Wildman–Crippen MR) is 77.7 cm³/mol. The second-order valence-electron chi connectivity index (χ2n) is 5.85. The molecule has 1 aliphatic carbocycles. The van der Waals surface area contributed by atoms with Crippen molar-refractivity contribution in [2.24, 2.45) is 11.7 Å². The third-order valence-corrected chi connectivity index (χ3v) is 4.50. The number of methoxy groups -OCH3 is 1. The second kappa shape index (κ2) is 5.88. The molecule has 0 aliphatic heterocycles. The van der Waals surface area contributed by atoms with Gasteiger partial charge in [-0.05, 0) is 55.7 Å². The van der Waals surface area contributed by atoms with Crippen LogP contribution in [0.2, 0.25) is 0 Å². The number of rotatable bonds is 4. The smallest absolute Gasteiger partial charge is 0.123 e. The minimum absolute atomic E-state index is 0.00630. The SMILES string of the molecule is COC1(C(N)Cc2ccnc(N)c2)CCC(C)CC1. The molecule has 0 aromatic carbocycles. The van der Waals surface area contributed by atoms with Crippen molar-refractivity contribution >= 4 is 5.82 Å². The number of hydrogen-bond acceptors (Lipinski definition) is 4. The Morgan fingerprint density at radius 1 is 1.47 bits per heavy atom. The van der Waals surface area contributed by atoms with Crippen molar-refractivity contribution < 1.29 is 4.74 Å². The molecule has 1 aromatic heterocycles. The summed E-state index contributed by atoms with van der Waals surface area (Å²) in [5.74, 6) is 1.33. The van der Waals surface area contributed by atoms with E-state index in [-0.39, 0.29) is 11.6 Å². The van der Waals surface area contributed by atoms with E-state index in [1.807, 2.05) is 12.1 Å². The zero-order valence-electron chi connectivity index (χ0n) is 11.9. The molecule has 1 aliphatic rings. The zero-order chi connectivity index (χ0) is 13.9. The fourth-order valence-corrected chi connectivity index (χ4v) is 3.04. The van der Waals surface area contributed by atoms with E-state index < -0.39 is 0 Å². The molecule has 0 spiro atoms. The lowest BCUT2D eigenvalue weighted by atomic mass is 9.74. The van der Waals surface area contributed by atoms with Crippen LogP contribution < -0.4 is 11.5 Å². The van der Waals surface area contributed by atoms with Gasteiger partial charge >= 0.3 is 0 Å². The van der Waals surface area contributed by atoms with Crippen molar-refractivity contribution in [1.29, 1.82) is 0 Å². The molecular weight excluding hydrogens is 238 g/mol. The van der Waals surface area contributed by atoms with Crippen LogP contribution in [0.15, 0.2) is 18.3 Å². The van der Waals surface area contributed by atoms with Crippen LogP contribution in [0.25, 0.3) is 0 Å². The highest BCUT2D eigenvalue weighted by Gasteiger charge is 2.39. The molecule has 0 bridgehead atoms. The van der Waals surface area contributed by atoms with Gasteiger partial charge in [0.05, 0.1) is 5.60 Å². The minimum atomic E-state index is -0.176. The molecule has 4 heteroatoms. The van der Waals surface area contributed by atoms with Crippen molar-refractivity contribution in [2.45, 2.75) is 50.7 Å². The molecular formula is C15H25N3O. The normalized spacial score (nSPS) is 29.1. The number of nitrogens with zero attached hydrogens (tertiary/aromatic N) is 1. The molecule has 1 aromatic rings. The van der Waals surface area contributed by atoms with E-state index in [1.165, 1.54) is 12.8 Å². The first-order chi connectivity index (χ1) is 9.05. The summed E-state index contributed by atoms with van der Waals surface area (Å²) in [6, 6.07) is 3.88. The Morgan fingerprint density at radius 3 is 2.74 bits per heavy atom. The summed E-state index contributed by atoms with van der Waals surface area (Å²) in [5, 5.41) is 0. The molecule has 1 unspecified atom stereocenters. The molecule has 1 saturated carbocycles. The van der Waals surface area contributed by atoms with E-state index in [4.69, 9.17) is 16.2 Å². The maximum Gasteiger partial charge on any atom is 0.123 e. The van der Waals surface area contributed by atoms with E-state index >= 15 is 0 Å². The maximum absolute atomic E-state index is 6.44. The Labute approximate surface area is 115 Å². The van der Waals surface area contributed by atoms with E-state index in [1.54, 1.807) is 13.3 Å². The summed E-state index contributed by atoms with van der Waals surface area (Å²) in [4.78, 5) is 4.01. The van der Waals surface area contributed by atoms with E-state index in [2.05, 4.69) is 11.9 Å². The highest BCUT2D eigenvalue weighted by molar-refractivity contribution is 5.32. The number of pyridine rings is 1. The van der Waals surface area contributed by atoms with Gasteiger partial charge in [-0.2, -0.15) is 0 Å². The topological polar surface area (TPSA) is 74.2 Å². The van der Waals surface area contributed by atoms with Gasteiger partial charge in [-0.25, -0.2) is 4.98 Å². The number of hydrogen-bond donors (Lipinski definition) is 2. The summed E-state index contributed by atoms with van der Waals surface area (Å²) in [7, 11) is 1.79. The molecule has 4 N–H and O–H groups in total. The summed E-state index contributed by atoms with van der Waals surface area (Å²) in [6.45, 7) is 2.30. The molecule has 2 rings (SSSR count). The van der Waals surface area contributed by atoms with Gasteiger partial charge in [-0.15, -0.1) is 0 Å². The van der Waals surface area contributed by atoms with Gasteiger partial charge in [-0.1, -0.05) is 6.92 Å². The number of anilines is 1. The van der Waals surface area contributed by atoms with E-state index in [0.29, 0.717) is 5.82 Å². The van der Waals surface area contributed by atoms with E-state index in [9.17, 15) is 0 Å². The van der Waals surface area contributed by atoms with Crippen molar-refractivity contribution in [1.82, 2.24) is 4.98 Å². The minimum Gasteiger partial charge on any atom is -0.384 e. The Bertz CT molecular complexity index is 414. The molecule has 4 nitrogen and oxygen atoms in total. The summed E-state index contributed by atoms with van der Waals surface area (Å²) in [6.07, 6.45) is 7.01. The highest BCUT2D eigenvalue weighted by atomic mass is 16.5. The van der Waals surface area contributed by atoms with Crippen LogP contribution in [0.4, 0.5) is 5.82 Å². The molecule has 106 valence electrons. The largest absolute Gasteiger partial charge is 0.384 e. The Kier molecular flexibility index (Phi) is 4.42. The standard InChI is InChI=1S/C15H25N3O/c1-11-3-6-15(19-2,7-4-11)13(16)9-12-5-8-18-14(17)10-12/h5,8,10-11,13H,3-4,6-7,9,16H2,1-2H3,(H2,17,18). The van der Waals surface area contributed by atoms with Gasteiger partial charge in [0.15, 0.2) is 0 Å². The van der Waals surface area contributed by atoms with Crippen LogP contribution in [-0.2, 0) is 11.2 Å². The summed E-state index contributed by atoms with van der Waals surface area (Å²) in [5.41, 5.74) is 13.1. The highest BCUT2D eigenvalue weighted by Crippen LogP contribution is 2.37. The number of aromatic nitrogens is 1. The molecule has 0 amide bonds. The van der Waals surface area contributed by atoms with Crippen LogP contribution in [0.3, 0.4) is 0 Å². The number of nitrogen functional groups attached to an aromatic ring is 1. The molecule has 1 atom stereocenters. The quantitative estimate of drug-likeness (QED) is 0.872. The first-order valence-electron chi connectivity index (χ1n) is 7.07. The Morgan fingerprint density at radius 2 is 2.16 bits per heavy atom. The lowest BCUT2D eigenvalue weighted by Gasteiger charge is -2.42. The molecule has 0 radical (unpaired) electrons. The van der Waals surface area contributed by atoms with Gasteiger partial charge in [0.2, 0.25) is 0 Å². The van der Waals surface area contributed by atoms with Crippen LogP contribution in [0.5, 0.6) is 0 Å². The lowest BCUT2D eigenvalue weighted by molar-refractivity contribution is -0.0659. The van der Waals surface area contributed by atoms with Crippen LogP contribution in [0, 0.1) is 5.92 Å². The second-order valence-corrected chi connectivity index (χ2v) is 5.85. The van der Waals surface area contributed by atoms with Crippen LogP contribution >= 0.6 is 0 Å². The van der Waals surface area contributed by atoms with Crippen molar-refractivity contribution in [3.63, 3.8) is 0 Å². The van der Waals surface area contributed by atoms with Crippen molar-refractivity contribution in [2.75, 3.05) is 12.8 Å². The summed E-state index contributed by atoms with van der Waals surface area (Å²) < 4.78 is 5.82. The lowest BCUT2D eigenvalue weighted by Crippen LogP contribution is -2.52. The van der Waals surface area contributed by atoms with Gasteiger partial charge in [0, 0.05) is 19.3 Å². The molecule has 1 fully saturated rings. The summed E-state index contributed by atoms with van der Waals surface area (Å²) >= 11 is 0. The van der Waals surface area contributed by atoms with Crippen LogP contribution in [-0.4, -0.2) is 23.7 Å². The fraction of sp³-hybridized carbons (Fsp3) is 0.667. The molecule has 0 saturated heterocycles. The van der Waals surface area contributed by atoms with Gasteiger partial charge in [0.1, 0.15) is 5.82 Å². The average molecular weight is 263 g/mol. The fourth-order valence-electron chi connectivity index (χ4n) is 3.04. The predicted octanol–water partition coefficient (Wildman–Crippen LogP) is 2.13. The molecule has 19 heavy (non-hydrogen) atoms. The third kappa shape index (κ3) is 3.25. The Hall–Kier alpha value is -1.13. The first kappa shape index (κ1) is 14.3. The average Bonchev–Trinajstić information content (AvgIpc) is 2.40. The van der Waals surface area contributed by atoms with E-state index in [0.717, 1.165) is 30.7 Å². The number of nitrogens with two attached hydrogens (primary N) is 2. The van der Waals surface area contributed by atoms with Crippen molar-refractivity contribution in [3.8, 4) is 0 Å². The zero-order valence-corrected chi connectivity index (χ0v) is 11.9. The van der Waals surface area contributed by atoms with Gasteiger partial charge in [0.25, 0.3) is 0 Å². The third-order valence-electron chi connectivity index (χ3n) is 4.50. The maximum atomic E-state index is 6.44.